The second kappa shape index (κ2) is 10.2. The van der Waals surface area contributed by atoms with Crippen LogP contribution in [-0.2, 0) is 0 Å². The first-order chi connectivity index (χ1) is 17.8. The zero-order chi connectivity index (χ0) is 26.3. The summed E-state index contributed by atoms with van der Waals surface area (Å²) in [5.74, 6) is 1.10. The van der Waals surface area contributed by atoms with Crippen molar-refractivity contribution in [1.29, 1.82) is 5.41 Å². The first kappa shape index (κ1) is 25.2. The molecule has 0 unspecified atom stereocenters. The molecule has 1 aromatic carbocycles. The van der Waals surface area contributed by atoms with Crippen molar-refractivity contribution < 1.29 is 8.78 Å². The highest BCUT2D eigenvalue weighted by Gasteiger charge is 2.39. The zero-order valence-corrected chi connectivity index (χ0v) is 22.2. The van der Waals surface area contributed by atoms with Gasteiger partial charge >= 0.3 is 0 Å². The van der Waals surface area contributed by atoms with Gasteiger partial charge in [-0.2, -0.15) is 15.1 Å². The monoisotopic (exact) mass is 527 g/mol. The minimum atomic E-state index is -0.672. The first-order valence-corrected chi connectivity index (χ1v) is 13.5. The summed E-state index contributed by atoms with van der Waals surface area (Å²) in [4.78, 5) is 15.7. The summed E-state index contributed by atoms with van der Waals surface area (Å²) in [5, 5.41) is 18.2. The molecular weight excluding hydrogens is 496 g/mol. The van der Waals surface area contributed by atoms with Crippen LogP contribution < -0.4 is 15.1 Å². The lowest BCUT2D eigenvalue weighted by Crippen LogP contribution is -2.59. The number of aromatic amines is 1. The Morgan fingerprint density at radius 2 is 1.92 bits per heavy atom. The van der Waals surface area contributed by atoms with Crippen LogP contribution >= 0.6 is 11.8 Å². The highest BCUT2D eigenvalue weighted by molar-refractivity contribution is 7.98. The molecule has 1 saturated heterocycles. The molecule has 2 aliphatic rings. The Labute approximate surface area is 219 Å². The summed E-state index contributed by atoms with van der Waals surface area (Å²) in [6.07, 6.45) is 5.20. The minimum absolute atomic E-state index is 0.187. The fraction of sp³-hybridized carbons (Fsp3) is 0.440. The maximum Gasteiger partial charge on any atom is 0.233 e. The lowest BCUT2D eigenvalue weighted by molar-refractivity contribution is 0.277. The zero-order valence-electron chi connectivity index (χ0n) is 21.3. The number of likely N-dealkylation sites (N-methyl/N-ethyl adjacent to an activating group) is 1. The Balaban J connectivity index is 1.58. The number of nitrogens with zero attached hydrogens (tertiary/aromatic N) is 6. The molecule has 0 radical (unpaired) electrons. The van der Waals surface area contributed by atoms with Crippen LogP contribution in [0.25, 0.3) is 0 Å². The maximum absolute atomic E-state index is 15.0. The van der Waals surface area contributed by atoms with E-state index in [4.69, 9.17) is 15.4 Å². The van der Waals surface area contributed by atoms with Crippen molar-refractivity contribution in [2.45, 2.75) is 43.5 Å². The van der Waals surface area contributed by atoms with E-state index in [2.05, 4.69) is 20.4 Å². The average Bonchev–Trinajstić information content (AvgIpc) is 3.60. The molecule has 12 heteroatoms. The predicted octanol–water partition coefficient (Wildman–Crippen LogP) is 5.01. The van der Waals surface area contributed by atoms with E-state index in [9.17, 15) is 0 Å². The van der Waals surface area contributed by atoms with E-state index in [1.807, 2.05) is 24.8 Å². The van der Waals surface area contributed by atoms with Crippen molar-refractivity contribution in [2.75, 3.05) is 48.1 Å². The van der Waals surface area contributed by atoms with Crippen LogP contribution in [0, 0.1) is 24.0 Å². The second-order valence-corrected chi connectivity index (χ2v) is 10.3. The van der Waals surface area contributed by atoms with Crippen LogP contribution in [0.3, 0.4) is 0 Å². The van der Waals surface area contributed by atoms with E-state index in [0.29, 0.717) is 35.5 Å². The molecule has 5 rings (SSSR count). The Hall–Kier alpha value is -3.41. The highest BCUT2D eigenvalue weighted by atomic mass is 32.2. The molecule has 1 saturated carbocycles. The van der Waals surface area contributed by atoms with Gasteiger partial charge in [-0.15, -0.1) is 11.8 Å². The Morgan fingerprint density at radius 1 is 1.22 bits per heavy atom. The van der Waals surface area contributed by atoms with E-state index in [-0.39, 0.29) is 17.7 Å². The van der Waals surface area contributed by atoms with Gasteiger partial charge in [0.25, 0.3) is 0 Å². The molecule has 3 aromatic rings. The molecule has 0 amide bonds. The van der Waals surface area contributed by atoms with Gasteiger partial charge < -0.3 is 20.0 Å². The van der Waals surface area contributed by atoms with Crippen LogP contribution in [0.4, 0.5) is 37.9 Å². The van der Waals surface area contributed by atoms with Gasteiger partial charge in [0.1, 0.15) is 17.3 Å². The summed E-state index contributed by atoms with van der Waals surface area (Å²) in [6.45, 7) is 6.10. The second-order valence-electron chi connectivity index (χ2n) is 9.46. The SMILES string of the molecule is CCN(C=N)C1CN(c2nc(N(C)c3c(F)cc(SC)cc3F)nc(Nc3cc(C)[nH]n3)c2C2CC2)C1. The van der Waals surface area contributed by atoms with Crippen molar-refractivity contribution in [3.05, 3.63) is 41.1 Å². The third kappa shape index (κ3) is 4.94. The minimum Gasteiger partial charge on any atom is -0.357 e. The summed E-state index contributed by atoms with van der Waals surface area (Å²) in [6, 6.07) is 4.73. The largest absolute Gasteiger partial charge is 0.357 e. The third-order valence-electron chi connectivity index (χ3n) is 6.88. The van der Waals surface area contributed by atoms with Crippen molar-refractivity contribution >= 4 is 47.2 Å². The fourth-order valence-corrected chi connectivity index (χ4v) is 5.10. The smallest absolute Gasteiger partial charge is 0.233 e. The molecule has 37 heavy (non-hydrogen) atoms. The number of aryl methyl sites for hydroxylation is 1. The van der Waals surface area contributed by atoms with Crippen LogP contribution in [0.1, 0.15) is 36.9 Å². The lowest BCUT2D eigenvalue weighted by Gasteiger charge is -2.45. The van der Waals surface area contributed by atoms with Gasteiger partial charge in [0.2, 0.25) is 5.95 Å². The normalized spacial score (nSPS) is 15.5. The molecule has 1 aliphatic carbocycles. The topological polar surface area (TPSA) is 100 Å². The van der Waals surface area contributed by atoms with Crippen LogP contribution in [0.5, 0.6) is 0 Å². The van der Waals surface area contributed by atoms with Gasteiger partial charge in [0.05, 0.1) is 12.4 Å². The van der Waals surface area contributed by atoms with Gasteiger partial charge in [-0.05, 0) is 51.0 Å². The first-order valence-electron chi connectivity index (χ1n) is 12.3. The predicted molar refractivity (Wildman–Crippen MR) is 144 cm³/mol. The van der Waals surface area contributed by atoms with Crippen molar-refractivity contribution in [1.82, 2.24) is 25.1 Å². The molecule has 2 aromatic heterocycles. The van der Waals surface area contributed by atoms with E-state index in [0.717, 1.165) is 36.5 Å². The van der Waals surface area contributed by atoms with Gasteiger partial charge in [0.15, 0.2) is 17.5 Å². The van der Waals surface area contributed by atoms with E-state index >= 15 is 8.78 Å². The lowest BCUT2D eigenvalue weighted by atomic mass is 10.0. The van der Waals surface area contributed by atoms with E-state index in [1.165, 1.54) is 35.1 Å². The van der Waals surface area contributed by atoms with E-state index < -0.39 is 11.6 Å². The number of H-pyrrole nitrogens is 1. The summed E-state index contributed by atoms with van der Waals surface area (Å²) in [5.41, 5.74) is 1.69. The Bertz CT molecular complexity index is 1280. The molecule has 3 N–H and O–H groups in total. The summed E-state index contributed by atoms with van der Waals surface area (Å²) < 4.78 is 30.1. The number of nitrogens with one attached hydrogen (secondary N) is 3. The molecule has 0 atom stereocenters. The molecule has 0 bridgehead atoms. The average molecular weight is 528 g/mol. The number of benzene rings is 1. The van der Waals surface area contributed by atoms with Gasteiger partial charge in [0, 0.05) is 48.9 Å². The van der Waals surface area contributed by atoms with Crippen molar-refractivity contribution in [3.8, 4) is 0 Å². The molecule has 0 spiro atoms. The van der Waals surface area contributed by atoms with Gasteiger partial charge in [-0.1, -0.05) is 0 Å². The molecular formula is C25H31F2N9S. The summed E-state index contributed by atoms with van der Waals surface area (Å²) in [7, 11) is 1.57. The maximum atomic E-state index is 15.0. The van der Waals surface area contributed by atoms with Crippen molar-refractivity contribution in [3.63, 3.8) is 0 Å². The number of rotatable bonds is 10. The third-order valence-corrected chi connectivity index (χ3v) is 7.58. The number of thioether (sulfide) groups is 1. The number of hydrogen-bond donors (Lipinski definition) is 3. The fourth-order valence-electron chi connectivity index (χ4n) is 4.66. The number of anilines is 5. The molecule has 2 fully saturated rings. The quantitative estimate of drug-likeness (QED) is 0.192. The van der Waals surface area contributed by atoms with Crippen molar-refractivity contribution in [2.24, 2.45) is 0 Å². The molecule has 196 valence electrons. The molecule has 3 heterocycles. The molecule has 9 nitrogen and oxygen atoms in total. The van der Waals surface area contributed by atoms with Gasteiger partial charge in [-0.3, -0.25) is 10.5 Å². The Morgan fingerprint density at radius 3 is 2.46 bits per heavy atom. The Kier molecular flexibility index (Phi) is 6.93. The summed E-state index contributed by atoms with van der Waals surface area (Å²) >= 11 is 1.28. The van der Waals surface area contributed by atoms with E-state index in [1.54, 1.807) is 13.3 Å². The standard InChI is InChI=1S/C25H31F2N9S/c1-5-35(13-28)16-11-36(12-16)24-21(15-6-7-15)23(29-20-8-14(2)32-33-20)30-25(31-24)34(3)22-18(26)9-17(37-4)10-19(22)27/h8-10,13,15-16,28H,5-7,11-12H2,1-4H3,(H2,29,30,31,32,33). The molecule has 1 aliphatic heterocycles. The number of halogens is 2. The van der Waals surface area contributed by atoms with Gasteiger partial charge in [-0.25, -0.2) is 8.78 Å². The van der Waals surface area contributed by atoms with Crippen LogP contribution in [0.15, 0.2) is 23.1 Å². The number of aromatic nitrogens is 4. The van der Waals surface area contributed by atoms with Crippen LogP contribution in [-0.4, -0.2) is 70.4 Å². The van der Waals surface area contributed by atoms with Crippen LogP contribution in [0.2, 0.25) is 0 Å². The highest BCUT2D eigenvalue weighted by Crippen LogP contribution is 2.49. The number of hydrogen-bond acceptors (Lipinski definition) is 8.